The minimum absolute atomic E-state index is 0.164. The van der Waals surface area contributed by atoms with Crippen LogP contribution in [0.15, 0.2) is 12.3 Å². The molecule has 1 aliphatic rings. The lowest BCUT2D eigenvalue weighted by molar-refractivity contribution is 0.0965. The lowest BCUT2D eigenvalue weighted by Crippen LogP contribution is -2.07. The number of carbonyl (C=O) groups is 1. The Balaban J connectivity index is 1.78. The van der Waals surface area contributed by atoms with Gasteiger partial charge in [-0.1, -0.05) is 13.3 Å². The Labute approximate surface area is 108 Å². The van der Waals surface area contributed by atoms with Gasteiger partial charge in [0, 0.05) is 32.4 Å². The minimum Gasteiger partial charge on any atom is -0.381 e. The molecule has 1 aromatic heterocycles. The summed E-state index contributed by atoms with van der Waals surface area (Å²) >= 11 is 0. The number of Topliss-reactive ketones (excluding diaryl/α,β-unsaturated/α-hetero) is 1. The molecule has 0 aromatic carbocycles. The number of rotatable bonds is 7. The number of aromatic nitrogens is 2. The maximum atomic E-state index is 12.0. The molecule has 2 heterocycles. The maximum Gasteiger partial charge on any atom is 0.183 e. The predicted octanol–water partition coefficient (Wildman–Crippen LogP) is 2.68. The Morgan fingerprint density at radius 3 is 3.22 bits per heavy atom. The van der Waals surface area contributed by atoms with E-state index >= 15 is 0 Å². The van der Waals surface area contributed by atoms with Crippen molar-refractivity contribution in [1.29, 1.82) is 0 Å². The van der Waals surface area contributed by atoms with Crippen LogP contribution in [0, 0.1) is 5.92 Å². The van der Waals surface area contributed by atoms with Crippen molar-refractivity contribution in [2.24, 2.45) is 5.92 Å². The highest BCUT2D eigenvalue weighted by atomic mass is 16.5. The summed E-state index contributed by atoms with van der Waals surface area (Å²) < 4.78 is 7.18. The predicted molar refractivity (Wildman–Crippen MR) is 69.6 cm³/mol. The Hall–Kier alpha value is -1.16. The molecule has 0 spiro atoms. The monoisotopic (exact) mass is 250 g/mol. The van der Waals surface area contributed by atoms with E-state index in [1.165, 1.54) is 0 Å². The molecule has 0 amide bonds. The lowest BCUT2D eigenvalue weighted by atomic mass is 10.0. The molecule has 1 aromatic rings. The molecule has 1 aliphatic heterocycles. The third-order valence-electron chi connectivity index (χ3n) is 3.47. The van der Waals surface area contributed by atoms with E-state index in [1.807, 2.05) is 16.9 Å². The van der Waals surface area contributed by atoms with Gasteiger partial charge < -0.3 is 4.74 Å². The van der Waals surface area contributed by atoms with Crippen LogP contribution in [0.4, 0.5) is 0 Å². The van der Waals surface area contributed by atoms with Crippen molar-refractivity contribution in [3.63, 3.8) is 0 Å². The third kappa shape index (κ3) is 3.67. The van der Waals surface area contributed by atoms with Gasteiger partial charge in [0.05, 0.1) is 0 Å². The molecule has 1 unspecified atom stereocenters. The number of ether oxygens (including phenoxy) is 1. The van der Waals surface area contributed by atoms with Crippen LogP contribution in [0.25, 0.3) is 0 Å². The molecule has 0 bridgehead atoms. The molecule has 2 rings (SSSR count). The maximum absolute atomic E-state index is 12.0. The fourth-order valence-corrected chi connectivity index (χ4v) is 2.23. The van der Waals surface area contributed by atoms with Gasteiger partial charge in [0.15, 0.2) is 5.78 Å². The molecule has 0 radical (unpaired) electrons. The van der Waals surface area contributed by atoms with Crippen molar-refractivity contribution in [2.45, 2.75) is 45.6 Å². The van der Waals surface area contributed by atoms with Gasteiger partial charge in [-0.3, -0.25) is 9.48 Å². The standard InChI is InChI=1S/C14H22N2O2/c1-2-3-8-16-9-6-13(15-16)14(17)5-4-12-7-10-18-11-12/h6,9,12H,2-5,7-8,10-11H2,1H3. The summed E-state index contributed by atoms with van der Waals surface area (Å²) in [4.78, 5) is 12.0. The van der Waals surface area contributed by atoms with Gasteiger partial charge >= 0.3 is 0 Å². The molecule has 1 fully saturated rings. The normalized spacial score (nSPS) is 19.3. The van der Waals surface area contributed by atoms with Crippen LogP contribution >= 0.6 is 0 Å². The number of hydrogen-bond acceptors (Lipinski definition) is 3. The quantitative estimate of drug-likeness (QED) is 0.699. The molecule has 100 valence electrons. The van der Waals surface area contributed by atoms with Crippen molar-refractivity contribution in [3.8, 4) is 0 Å². The molecular weight excluding hydrogens is 228 g/mol. The molecule has 4 heteroatoms. The second kappa shape index (κ2) is 6.69. The van der Waals surface area contributed by atoms with Crippen LogP contribution in [0.1, 0.15) is 49.5 Å². The molecule has 1 saturated heterocycles. The van der Waals surface area contributed by atoms with Crippen molar-refractivity contribution >= 4 is 5.78 Å². The molecule has 1 atom stereocenters. The largest absolute Gasteiger partial charge is 0.381 e. The Morgan fingerprint density at radius 2 is 2.50 bits per heavy atom. The molecule has 0 aliphatic carbocycles. The smallest absolute Gasteiger partial charge is 0.183 e. The van der Waals surface area contributed by atoms with E-state index in [0.717, 1.165) is 45.4 Å². The summed E-state index contributed by atoms with van der Waals surface area (Å²) in [7, 11) is 0. The van der Waals surface area contributed by atoms with Gasteiger partial charge in [-0.2, -0.15) is 5.10 Å². The van der Waals surface area contributed by atoms with Crippen LogP contribution in [0.2, 0.25) is 0 Å². The zero-order valence-corrected chi connectivity index (χ0v) is 11.1. The number of aryl methyl sites for hydroxylation is 1. The minimum atomic E-state index is 0.164. The van der Waals surface area contributed by atoms with Gasteiger partial charge in [0.1, 0.15) is 5.69 Å². The van der Waals surface area contributed by atoms with E-state index in [-0.39, 0.29) is 5.78 Å². The van der Waals surface area contributed by atoms with Crippen molar-refractivity contribution in [2.75, 3.05) is 13.2 Å². The number of nitrogens with zero attached hydrogens (tertiary/aromatic N) is 2. The van der Waals surface area contributed by atoms with E-state index in [9.17, 15) is 4.79 Å². The first-order valence-electron chi connectivity index (χ1n) is 6.94. The summed E-state index contributed by atoms with van der Waals surface area (Å²) in [5.41, 5.74) is 0.616. The third-order valence-corrected chi connectivity index (χ3v) is 3.47. The van der Waals surface area contributed by atoms with Gasteiger partial charge in [-0.05, 0) is 31.2 Å². The summed E-state index contributed by atoms with van der Waals surface area (Å²) in [6.07, 6.45) is 6.78. The zero-order valence-electron chi connectivity index (χ0n) is 11.1. The van der Waals surface area contributed by atoms with Crippen molar-refractivity contribution in [3.05, 3.63) is 18.0 Å². The zero-order chi connectivity index (χ0) is 12.8. The molecule has 0 saturated carbocycles. The SMILES string of the molecule is CCCCn1ccc(C(=O)CCC2CCOC2)n1. The average Bonchev–Trinajstić information content (AvgIpc) is 3.04. The van der Waals surface area contributed by atoms with Crippen molar-refractivity contribution in [1.82, 2.24) is 9.78 Å². The van der Waals surface area contributed by atoms with Crippen LogP contribution in [0.3, 0.4) is 0 Å². The lowest BCUT2D eigenvalue weighted by Gasteiger charge is -2.04. The van der Waals surface area contributed by atoms with E-state index in [4.69, 9.17) is 4.74 Å². The molecule has 0 N–H and O–H groups in total. The van der Waals surface area contributed by atoms with E-state index in [0.29, 0.717) is 18.0 Å². The highest BCUT2D eigenvalue weighted by Crippen LogP contribution is 2.19. The first-order valence-corrected chi connectivity index (χ1v) is 6.94. The number of unbranched alkanes of at least 4 members (excludes halogenated alkanes) is 1. The van der Waals surface area contributed by atoms with Crippen LogP contribution in [0.5, 0.6) is 0 Å². The Morgan fingerprint density at radius 1 is 1.61 bits per heavy atom. The summed E-state index contributed by atoms with van der Waals surface area (Å²) in [6, 6.07) is 1.84. The Kier molecular flexibility index (Phi) is 4.93. The first-order chi connectivity index (χ1) is 8.79. The van der Waals surface area contributed by atoms with Crippen LogP contribution in [-0.4, -0.2) is 28.8 Å². The fraction of sp³-hybridized carbons (Fsp3) is 0.714. The molecule has 18 heavy (non-hydrogen) atoms. The van der Waals surface area contributed by atoms with Crippen LogP contribution < -0.4 is 0 Å². The topological polar surface area (TPSA) is 44.1 Å². The number of hydrogen-bond donors (Lipinski definition) is 0. The highest BCUT2D eigenvalue weighted by Gasteiger charge is 2.18. The van der Waals surface area contributed by atoms with E-state index in [2.05, 4.69) is 12.0 Å². The average molecular weight is 250 g/mol. The summed E-state index contributed by atoms with van der Waals surface area (Å²) in [5, 5.41) is 4.33. The fourth-order valence-electron chi connectivity index (χ4n) is 2.23. The Bertz CT molecular complexity index is 381. The van der Waals surface area contributed by atoms with Gasteiger partial charge in [0.25, 0.3) is 0 Å². The van der Waals surface area contributed by atoms with Crippen molar-refractivity contribution < 1.29 is 9.53 Å². The van der Waals surface area contributed by atoms with Gasteiger partial charge in [0.2, 0.25) is 0 Å². The summed E-state index contributed by atoms with van der Waals surface area (Å²) in [6.45, 7) is 4.72. The van der Waals surface area contributed by atoms with E-state index in [1.54, 1.807) is 0 Å². The first kappa shape index (κ1) is 13.3. The second-order valence-corrected chi connectivity index (χ2v) is 5.01. The van der Waals surface area contributed by atoms with Gasteiger partial charge in [-0.25, -0.2) is 0 Å². The highest BCUT2D eigenvalue weighted by molar-refractivity contribution is 5.94. The van der Waals surface area contributed by atoms with Gasteiger partial charge in [-0.15, -0.1) is 0 Å². The van der Waals surface area contributed by atoms with Crippen LogP contribution in [-0.2, 0) is 11.3 Å². The molecular formula is C14H22N2O2. The molecule has 4 nitrogen and oxygen atoms in total. The number of carbonyl (C=O) groups excluding carboxylic acids is 1. The second-order valence-electron chi connectivity index (χ2n) is 5.01. The van der Waals surface area contributed by atoms with E-state index < -0.39 is 0 Å². The number of ketones is 1. The summed E-state index contributed by atoms with van der Waals surface area (Å²) in [5.74, 6) is 0.730.